The van der Waals surface area contributed by atoms with E-state index in [1.807, 2.05) is 12.1 Å². The third kappa shape index (κ3) is 3.98. The molecule has 0 aliphatic heterocycles. The number of thiophene rings is 1. The Morgan fingerprint density at radius 3 is 2.55 bits per heavy atom. The molecule has 1 N–H and O–H groups in total. The maximum absolute atomic E-state index is 6.14. The Kier molecular flexibility index (Phi) is 5.90. The summed E-state index contributed by atoms with van der Waals surface area (Å²) in [6.45, 7) is 3.04. The van der Waals surface area contributed by atoms with E-state index in [0.29, 0.717) is 0 Å². The van der Waals surface area contributed by atoms with E-state index in [4.69, 9.17) is 16.3 Å². The van der Waals surface area contributed by atoms with E-state index in [9.17, 15) is 0 Å². The Labute approximate surface area is 137 Å². The van der Waals surface area contributed by atoms with Crippen LogP contribution in [0.15, 0.2) is 34.8 Å². The minimum atomic E-state index is 0.280. The number of ether oxygens (including phenoxy) is 1. The maximum atomic E-state index is 6.14. The molecule has 108 valence electrons. The summed E-state index contributed by atoms with van der Waals surface area (Å²) in [6, 6.07) is 10.6. The highest BCUT2D eigenvalue weighted by atomic mass is 79.9. The molecule has 0 amide bonds. The molecule has 0 radical (unpaired) electrons. The number of nitrogens with one attached hydrogen (secondary N) is 1. The van der Waals surface area contributed by atoms with Crippen LogP contribution in [0, 0.1) is 0 Å². The Hall–Kier alpha value is -0.550. The molecule has 1 unspecified atom stereocenters. The molecule has 1 aromatic carbocycles. The predicted octanol–water partition coefficient (Wildman–Crippen LogP) is 5.07. The molecule has 2 rings (SSSR count). The molecule has 1 atom stereocenters. The first kappa shape index (κ1) is 15.8. The van der Waals surface area contributed by atoms with Crippen LogP contribution in [0.25, 0.3) is 0 Å². The summed E-state index contributed by atoms with van der Waals surface area (Å²) >= 11 is 11.2. The lowest BCUT2D eigenvalue weighted by Crippen LogP contribution is -2.22. The van der Waals surface area contributed by atoms with Gasteiger partial charge in [0, 0.05) is 15.4 Å². The van der Waals surface area contributed by atoms with Crippen LogP contribution in [-0.2, 0) is 6.42 Å². The van der Waals surface area contributed by atoms with Crippen molar-refractivity contribution >= 4 is 38.9 Å². The fraction of sp³-hybridized carbons (Fsp3) is 0.333. The second-order valence-electron chi connectivity index (χ2n) is 4.43. The molecule has 5 heteroatoms. The van der Waals surface area contributed by atoms with Gasteiger partial charge in [0.05, 0.1) is 7.11 Å². The van der Waals surface area contributed by atoms with E-state index in [1.165, 1.54) is 10.4 Å². The quantitative estimate of drug-likeness (QED) is 0.762. The fourth-order valence-corrected chi connectivity index (χ4v) is 3.86. The first-order valence-electron chi connectivity index (χ1n) is 6.45. The molecule has 0 saturated heterocycles. The van der Waals surface area contributed by atoms with Crippen LogP contribution in [0.5, 0.6) is 5.75 Å². The van der Waals surface area contributed by atoms with Gasteiger partial charge in [0.25, 0.3) is 0 Å². The number of hydrogen-bond acceptors (Lipinski definition) is 3. The molecule has 2 nitrogen and oxygen atoms in total. The monoisotopic (exact) mass is 373 g/mol. The normalized spacial score (nSPS) is 12.4. The van der Waals surface area contributed by atoms with Gasteiger partial charge in [0.2, 0.25) is 0 Å². The summed E-state index contributed by atoms with van der Waals surface area (Å²) < 4.78 is 6.96. The van der Waals surface area contributed by atoms with Crippen molar-refractivity contribution in [3.05, 3.63) is 49.6 Å². The summed E-state index contributed by atoms with van der Waals surface area (Å²) in [4.78, 5) is 1.25. The second kappa shape index (κ2) is 7.46. The molecular weight excluding hydrogens is 358 g/mol. The van der Waals surface area contributed by atoms with Gasteiger partial charge in [0.15, 0.2) is 0 Å². The van der Waals surface area contributed by atoms with E-state index in [2.05, 4.69) is 46.4 Å². The Morgan fingerprint density at radius 2 is 2.05 bits per heavy atom. The van der Waals surface area contributed by atoms with E-state index in [1.54, 1.807) is 18.4 Å². The van der Waals surface area contributed by atoms with Gasteiger partial charge < -0.3 is 10.1 Å². The van der Waals surface area contributed by atoms with Crippen molar-refractivity contribution in [2.45, 2.75) is 19.4 Å². The molecule has 0 spiro atoms. The van der Waals surface area contributed by atoms with Crippen LogP contribution >= 0.6 is 38.9 Å². The fourth-order valence-electron chi connectivity index (χ4n) is 2.05. The van der Waals surface area contributed by atoms with Crippen molar-refractivity contribution in [2.75, 3.05) is 13.7 Å². The number of rotatable bonds is 6. The minimum Gasteiger partial charge on any atom is -0.497 e. The lowest BCUT2D eigenvalue weighted by atomic mass is 10.0. The van der Waals surface area contributed by atoms with Crippen molar-refractivity contribution in [1.29, 1.82) is 0 Å². The molecule has 0 saturated carbocycles. The summed E-state index contributed by atoms with van der Waals surface area (Å²) in [6.07, 6.45) is 0.932. The Balaban J connectivity index is 2.15. The largest absolute Gasteiger partial charge is 0.497 e. The molecule has 1 heterocycles. The highest BCUT2D eigenvalue weighted by molar-refractivity contribution is 9.10. The van der Waals surface area contributed by atoms with Crippen LogP contribution in [0.2, 0.25) is 4.34 Å². The Bertz CT molecular complexity index is 536. The van der Waals surface area contributed by atoms with Crippen LogP contribution in [0.4, 0.5) is 0 Å². The van der Waals surface area contributed by atoms with Gasteiger partial charge in [-0.15, -0.1) is 11.3 Å². The second-order valence-corrected chi connectivity index (χ2v) is 6.97. The molecular formula is C15H17BrClNOS. The lowest BCUT2D eigenvalue weighted by molar-refractivity contribution is 0.414. The zero-order chi connectivity index (χ0) is 14.5. The van der Waals surface area contributed by atoms with Crippen LogP contribution in [0.3, 0.4) is 0 Å². The number of likely N-dealkylation sites (N-methyl/N-ethyl adjacent to an activating group) is 1. The van der Waals surface area contributed by atoms with Crippen LogP contribution in [-0.4, -0.2) is 13.7 Å². The first-order valence-corrected chi connectivity index (χ1v) is 8.43. The minimum absolute atomic E-state index is 0.280. The smallest absolute Gasteiger partial charge is 0.118 e. The average molecular weight is 375 g/mol. The summed E-state index contributed by atoms with van der Waals surface area (Å²) in [5.41, 5.74) is 1.28. The third-order valence-corrected chi connectivity index (χ3v) is 5.65. The highest BCUT2D eigenvalue weighted by Crippen LogP contribution is 2.36. The standard InChI is InChI=1S/C15H17BrClNOS/c1-3-18-13(14-9-12(16)15(17)20-14)8-10-4-6-11(19-2)7-5-10/h4-7,9,13,18H,3,8H2,1-2H3. The first-order chi connectivity index (χ1) is 9.63. The van der Waals surface area contributed by atoms with Gasteiger partial charge >= 0.3 is 0 Å². The zero-order valence-electron chi connectivity index (χ0n) is 11.5. The van der Waals surface area contributed by atoms with E-state index in [-0.39, 0.29) is 6.04 Å². The van der Waals surface area contributed by atoms with Crippen molar-refractivity contribution < 1.29 is 4.74 Å². The van der Waals surface area contributed by atoms with Gasteiger partial charge in [-0.2, -0.15) is 0 Å². The number of benzene rings is 1. The summed E-state index contributed by atoms with van der Waals surface area (Å²) in [7, 11) is 1.68. The third-order valence-electron chi connectivity index (χ3n) is 3.06. The Morgan fingerprint density at radius 1 is 1.35 bits per heavy atom. The lowest BCUT2D eigenvalue weighted by Gasteiger charge is -2.16. The van der Waals surface area contributed by atoms with Gasteiger partial charge in [0.1, 0.15) is 10.1 Å². The molecule has 0 bridgehead atoms. The predicted molar refractivity (Wildman–Crippen MR) is 90.1 cm³/mol. The summed E-state index contributed by atoms with van der Waals surface area (Å²) in [5, 5.41) is 3.52. The van der Waals surface area contributed by atoms with Gasteiger partial charge in [-0.3, -0.25) is 0 Å². The van der Waals surface area contributed by atoms with Crippen LogP contribution in [0.1, 0.15) is 23.4 Å². The van der Waals surface area contributed by atoms with E-state index in [0.717, 1.165) is 27.5 Å². The van der Waals surface area contributed by atoms with Crippen molar-refractivity contribution in [3.63, 3.8) is 0 Å². The molecule has 0 aliphatic rings. The molecule has 1 aromatic heterocycles. The molecule has 0 aliphatic carbocycles. The van der Waals surface area contributed by atoms with E-state index < -0.39 is 0 Å². The number of halogens is 2. The maximum Gasteiger partial charge on any atom is 0.118 e. The summed E-state index contributed by atoms with van der Waals surface area (Å²) in [5.74, 6) is 0.885. The van der Waals surface area contributed by atoms with Crippen molar-refractivity contribution in [2.24, 2.45) is 0 Å². The zero-order valence-corrected chi connectivity index (χ0v) is 14.6. The highest BCUT2D eigenvalue weighted by Gasteiger charge is 2.15. The van der Waals surface area contributed by atoms with Gasteiger partial charge in [-0.1, -0.05) is 30.7 Å². The molecule has 0 fully saturated rings. The topological polar surface area (TPSA) is 21.3 Å². The van der Waals surface area contributed by atoms with Crippen molar-refractivity contribution in [1.82, 2.24) is 5.32 Å². The molecule has 20 heavy (non-hydrogen) atoms. The van der Waals surface area contributed by atoms with Crippen LogP contribution < -0.4 is 10.1 Å². The average Bonchev–Trinajstić information content (AvgIpc) is 2.79. The number of hydrogen-bond donors (Lipinski definition) is 1. The van der Waals surface area contributed by atoms with E-state index >= 15 is 0 Å². The SMILES string of the molecule is CCNC(Cc1ccc(OC)cc1)c1cc(Br)c(Cl)s1. The number of methoxy groups -OCH3 is 1. The molecule has 2 aromatic rings. The van der Waals surface area contributed by atoms with Gasteiger partial charge in [-0.25, -0.2) is 0 Å². The van der Waals surface area contributed by atoms with Crippen molar-refractivity contribution in [3.8, 4) is 5.75 Å². The van der Waals surface area contributed by atoms with Gasteiger partial charge in [-0.05, 0) is 52.7 Å².